The Morgan fingerprint density at radius 2 is 1.96 bits per heavy atom. The summed E-state index contributed by atoms with van der Waals surface area (Å²) >= 11 is 1.16. The Kier molecular flexibility index (Phi) is 5.09. The molecular weight excluding hydrogens is 403 g/mol. The third-order valence-corrected chi connectivity index (χ3v) is 7.55. The highest BCUT2D eigenvalue weighted by Gasteiger charge is 2.28. The van der Waals surface area contributed by atoms with Gasteiger partial charge in [-0.2, -0.15) is 0 Å². The minimum Gasteiger partial charge on any atom is -0.338 e. The summed E-state index contributed by atoms with van der Waals surface area (Å²) in [5, 5.41) is 1.71. The quantitative estimate of drug-likeness (QED) is 0.700. The lowest BCUT2D eigenvalue weighted by Crippen LogP contribution is -2.46. The molecule has 3 heterocycles. The molecule has 28 heavy (non-hydrogen) atoms. The fraction of sp³-hybridized carbons (Fsp3) is 0.278. The second-order valence-corrected chi connectivity index (χ2v) is 9.39. The fourth-order valence-electron chi connectivity index (χ4n) is 3.27. The number of amides is 1. The number of nitrogens with one attached hydrogen (secondary N) is 1. The minimum atomic E-state index is -3.54. The van der Waals surface area contributed by atoms with Gasteiger partial charge in [0.25, 0.3) is 5.91 Å². The fourth-order valence-corrected chi connectivity index (χ4v) is 5.58. The number of benzene rings is 1. The number of thiophene rings is 1. The molecule has 4 rings (SSSR count). The highest BCUT2D eigenvalue weighted by molar-refractivity contribution is 7.91. The van der Waals surface area contributed by atoms with E-state index in [0.29, 0.717) is 37.0 Å². The molecule has 146 valence electrons. The molecule has 0 aliphatic carbocycles. The van der Waals surface area contributed by atoms with Crippen LogP contribution >= 0.6 is 11.3 Å². The number of halogens is 1. The van der Waals surface area contributed by atoms with Crippen LogP contribution in [0.15, 0.2) is 46.2 Å². The number of sulfonamides is 1. The largest absolute Gasteiger partial charge is 0.338 e. The lowest BCUT2D eigenvalue weighted by Gasteiger charge is -2.32. The predicted octanol–water partition coefficient (Wildman–Crippen LogP) is 2.41. The van der Waals surface area contributed by atoms with Crippen LogP contribution in [0.2, 0.25) is 0 Å². The number of likely N-dealkylation sites (tertiary alicyclic amines) is 1. The van der Waals surface area contributed by atoms with Gasteiger partial charge in [-0.1, -0.05) is 6.07 Å². The van der Waals surface area contributed by atoms with Crippen molar-refractivity contribution in [3.05, 3.63) is 53.4 Å². The van der Waals surface area contributed by atoms with Crippen molar-refractivity contribution >= 4 is 38.3 Å². The summed E-state index contributed by atoms with van der Waals surface area (Å²) in [6, 6.07) is 5.41. The van der Waals surface area contributed by atoms with Crippen molar-refractivity contribution in [1.29, 1.82) is 0 Å². The molecule has 0 radical (unpaired) electrons. The van der Waals surface area contributed by atoms with Crippen molar-refractivity contribution in [3.63, 3.8) is 0 Å². The normalized spacial score (nSPS) is 15.8. The third kappa shape index (κ3) is 3.75. The van der Waals surface area contributed by atoms with Crippen LogP contribution in [-0.4, -0.2) is 48.3 Å². The van der Waals surface area contributed by atoms with Gasteiger partial charge in [0, 0.05) is 37.6 Å². The van der Waals surface area contributed by atoms with Crippen LogP contribution in [0.3, 0.4) is 0 Å². The van der Waals surface area contributed by atoms with Crippen molar-refractivity contribution < 1.29 is 17.6 Å². The zero-order valence-corrected chi connectivity index (χ0v) is 16.3. The highest BCUT2D eigenvalue weighted by Crippen LogP contribution is 2.22. The van der Waals surface area contributed by atoms with E-state index in [0.717, 1.165) is 11.3 Å². The van der Waals surface area contributed by atoms with Gasteiger partial charge in [0.1, 0.15) is 15.5 Å². The van der Waals surface area contributed by atoms with Crippen LogP contribution in [0.25, 0.3) is 11.0 Å². The lowest BCUT2D eigenvalue weighted by molar-refractivity contribution is 0.0712. The van der Waals surface area contributed by atoms with Crippen molar-refractivity contribution in [2.75, 3.05) is 13.1 Å². The van der Waals surface area contributed by atoms with Crippen molar-refractivity contribution in [3.8, 4) is 0 Å². The van der Waals surface area contributed by atoms with Crippen LogP contribution in [0.4, 0.5) is 4.39 Å². The van der Waals surface area contributed by atoms with E-state index >= 15 is 0 Å². The summed E-state index contributed by atoms with van der Waals surface area (Å²) in [6.45, 7) is 0.740. The van der Waals surface area contributed by atoms with E-state index in [-0.39, 0.29) is 21.7 Å². The van der Waals surface area contributed by atoms with Crippen molar-refractivity contribution in [1.82, 2.24) is 19.6 Å². The maximum Gasteiger partial charge on any atom is 0.256 e. The van der Waals surface area contributed by atoms with Gasteiger partial charge < -0.3 is 4.90 Å². The predicted molar refractivity (Wildman–Crippen MR) is 103 cm³/mol. The summed E-state index contributed by atoms with van der Waals surface area (Å²) in [7, 11) is -3.54. The highest BCUT2D eigenvalue weighted by atomic mass is 32.2. The maximum absolute atomic E-state index is 13.9. The molecule has 0 spiro atoms. The second-order valence-electron chi connectivity index (χ2n) is 6.50. The van der Waals surface area contributed by atoms with Crippen LogP contribution in [0, 0.1) is 5.82 Å². The van der Waals surface area contributed by atoms with E-state index in [1.54, 1.807) is 22.4 Å². The molecule has 10 heteroatoms. The maximum atomic E-state index is 13.9. The molecular formula is C18H17FN4O3S2. The Bertz CT molecular complexity index is 1110. The van der Waals surface area contributed by atoms with E-state index < -0.39 is 15.8 Å². The Hall–Kier alpha value is -2.43. The average molecular weight is 420 g/mol. The number of aromatic nitrogens is 2. The molecule has 1 N–H and O–H groups in total. The molecule has 1 aliphatic rings. The monoisotopic (exact) mass is 420 g/mol. The smallest absolute Gasteiger partial charge is 0.256 e. The molecule has 1 fully saturated rings. The summed E-state index contributed by atoms with van der Waals surface area (Å²) in [4.78, 5) is 22.7. The van der Waals surface area contributed by atoms with E-state index in [1.807, 2.05) is 0 Å². The van der Waals surface area contributed by atoms with Gasteiger partial charge in [-0.3, -0.25) is 14.8 Å². The van der Waals surface area contributed by atoms with Crippen molar-refractivity contribution in [2.24, 2.45) is 0 Å². The summed E-state index contributed by atoms with van der Waals surface area (Å²) in [5.41, 5.74) is 0.847. The standard InChI is InChI=1S/C18H17FN4O3S2/c19-12-10-14(17-15(11-12)20-5-6-21-17)18(24)23-7-3-13(4-8-23)22-28(25,26)16-2-1-9-27-16/h1-2,5-6,9-11,13,22H,3-4,7-8H2. The second kappa shape index (κ2) is 7.53. The van der Waals surface area contributed by atoms with Crippen LogP contribution in [-0.2, 0) is 10.0 Å². The van der Waals surface area contributed by atoms with Gasteiger partial charge >= 0.3 is 0 Å². The van der Waals surface area contributed by atoms with Gasteiger partial charge in [-0.25, -0.2) is 17.5 Å². The third-order valence-electron chi connectivity index (χ3n) is 4.63. The van der Waals surface area contributed by atoms with Crippen LogP contribution in [0.5, 0.6) is 0 Å². The summed E-state index contributed by atoms with van der Waals surface area (Å²) in [5.74, 6) is -0.875. The molecule has 2 aromatic heterocycles. The molecule has 3 aromatic rings. The number of nitrogens with zero attached hydrogens (tertiary/aromatic N) is 3. The zero-order valence-electron chi connectivity index (χ0n) is 14.7. The molecule has 1 saturated heterocycles. The van der Waals surface area contributed by atoms with Crippen LogP contribution in [0.1, 0.15) is 23.2 Å². The van der Waals surface area contributed by atoms with Gasteiger partial charge in [-0.05, 0) is 30.4 Å². The topological polar surface area (TPSA) is 92.3 Å². The Labute approximate surface area is 165 Å². The van der Waals surface area contributed by atoms with Crippen LogP contribution < -0.4 is 4.72 Å². The first-order chi connectivity index (χ1) is 13.4. The minimum absolute atomic E-state index is 0.167. The van der Waals surface area contributed by atoms with Gasteiger partial charge in [0.05, 0.1) is 11.1 Å². The molecule has 1 aliphatic heterocycles. The molecule has 1 amide bonds. The average Bonchev–Trinajstić information content (AvgIpc) is 3.23. The van der Waals surface area contributed by atoms with E-state index in [2.05, 4.69) is 14.7 Å². The molecule has 0 saturated carbocycles. The number of hydrogen-bond acceptors (Lipinski definition) is 6. The van der Waals surface area contributed by atoms with Gasteiger partial charge in [0.2, 0.25) is 10.0 Å². The van der Waals surface area contributed by atoms with Gasteiger partial charge in [-0.15, -0.1) is 11.3 Å². The number of rotatable bonds is 4. The first-order valence-corrected chi connectivity index (χ1v) is 11.1. The molecule has 1 aromatic carbocycles. The first kappa shape index (κ1) is 18.9. The number of fused-ring (bicyclic) bond motifs is 1. The number of piperidine rings is 1. The number of carbonyl (C=O) groups is 1. The Balaban J connectivity index is 1.47. The van der Waals surface area contributed by atoms with E-state index in [1.165, 1.54) is 24.5 Å². The lowest BCUT2D eigenvalue weighted by atomic mass is 10.0. The summed E-state index contributed by atoms with van der Waals surface area (Å²) in [6.07, 6.45) is 3.87. The molecule has 0 bridgehead atoms. The molecule has 0 atom stereocenters. The Morgan fingerprint density at radius 3 is 2.68 bits per heavy atom. The zero-order chi connectivity index (χ0) is 19.7. The first-order valence-electron chi connectivity index (χ1n) is 8.69. The Morgan fingerprint density at radius 1 is 1.21 bits per heavy atom. The van der Waals surface area contributed by atoms with E-state index in [9.17, 15) is 17.6 Å². The molecule has 0 unspecified atom stereocenters. The van der Waals surface area contributed by atoms with Gasteiger partial charge in [0.15, 0.2) is 0 Å². The number of carbonyl (C=O) groups excluding carboxylic acids is 1. The SMILES string of the molecule is O=C(c1cc(F)cc2nccnc12)N1CCC(NS(=O)(=O)c2cccs2)CC1. The number of hydrogen-bond donors (Lipinski definition) is 1. The van der Waals surface area contributed by atoms with Crippen molar-refractivity contribution in [2.45, 2.75) is 23.1 Å². The summed E-state index contributed by atoms with van der Waals surface area (Å²) < 4.78 is 41.6. The molecule has 7 nitrogen and oxygen atoms in total. The van der Waals surface area contributed by atoms with E-state index in [4.69, 9.17) is 0 Å².